The van der Waals surface area contributed by atoms with Crippen molar-refractivity contribution in [1.29, 1.82) is 0 Å². The van der Waals surface area contributed by atoms with Crippen LogP contribution in [-0.4, -0.2) is 35.4 Å². The lowest BCUT2D eigenvalue weighted by Crippen LogP contribution is -2.35. The van der Waals surface area contributed by atoms with Gasteiger partial charge in [0.15, 0.2) is 0 Å². The van der Waals surface area contributed by atoms with Crippen molar-refractivity contribution in [2.24, 2.45) is 0 Å². The number of benzene rings is 1. The molecule has 2 aromatic rings. The zero-order valence-corrected chi connectivity index (χ0v) is 12.7. The summed E-state index contributed by atoms with van der Waals surface area (Å²) >= 11 is 1.67. The maximum absolute atomic E-state index is 11.8. The predicted molar refractivity (Wildman–Crippen MR) is 84.3 cm³/mol. The Balaban J connectivity index is 1.60. The quantitative estimate of drug-likeness (QED) is 0.926. The molecule has 0 aliphatic carbocycles. The zero-order chi connectivity index (χ0) is 14.4. The van der Waals surface area contributed by atoms with E-state index in [0.29, 0.717) is 6.04 Å². The fourth-order valence-corrected chi connectivity index (χ4v) is 3.88. The van der Waals surface area contributed by atoms with Gasteiger partial charge in [0.1, 0.15) is 0 Å². The number of rotatable bonds is 2. The van der Waals surface area contributed by atoms with Gasteiger partial charge in [0, 0.05) is 31.2 Å². The number of carbonyl (C=O) groups excluding carboxylic acids is 1. The van der Waals surface area contributed by atoms with Gasteiger partial charge < -0.3 is 5.32 Å². The smallest absolute Gasteiger partial charge is 0.248 e. The molecule has 0 saturated carbocycles. The van der Waals surface area contributed by atoms with Crippen molar-refractivity contribution in [1.82, 2.24) is 15.2 Å². The van der Waals surface area contributed by atoms with E-state index in [9.17, 15) is 4.79 Å². The number of aromatic nitrogens is 1. The van der Waals surface area contributed by atoms with Crippen LogP contribution in [0.3, 0.4) is 0 Å². The molecule has 4 rings (SSSR count). The van der Waals surface area contributed by atoms with E-state index in [1.807, 2.05) is 5.51 Å². The van der Waals surface area contributed by atoms with Crippen LogP contribution in [0.2, 0.25) is 0 Å². The number of hydrogen-bond donors (Lipinski definition) is 1. The van der Waals surface area contributed by atoms with Gasteiger partial charge in [-0.05, 0) is 36.6 Å². The summed E-state index contributed by atoms with van der Waals surface area (Å²) in [5, 5.41) is 2.93. The van der Waals surface area contributed by atoms with Crippen molar-refractivity contribution in [3.63, 3.8) is 0 Å². The number of carbonyl (C=O) groups is 1. The molecule has 2 aliphatic rings. The zero-order valence-electron chi connectivity index (χ0n) is 11.9. The number of thiazole rings is 1. The van der Waals surface area contributed by atoms with E-state index in [-0.39, 0.29) is 5.91 Å². The Hall–Kier alpha value is -1.72. The molecule has 3 heterocycles. The van der Waals surface area contributed by atoms with Crippen molar-refractivity contribution in [2.45, 2.75) is 19.4 Å². The third-order valence-electron chi connectivity index (χ3n) is 4.61. The molecule has 5 heteroatoms. The lowest BCUT2D eigenvalue weighted by molar-refractivity contribution is -0.116. The molecule has 21 heavy (non-hydrogen) atoms. The molecule has 0 saturated heterocycles. The first-order valence-corrected chi connectivity index (χ1v) is 8.16. The monoisotopic (exact) mass is 299 g/mol. The van der Waals surface area contributed by atoms with Crippen LogP contribution < -0.4 is 5.32 Å². The van der Waals surface area contributed by atoms with Crippen LogP contribution in [0.15, 0.2) is 34.9 Å². The molecule has 1 unspecified atom stereocenters. The largest absolute Gasteiger partial charge is 0.349 e. The van der Waals surface area contributed by atoms with Gasteiger partial charge in [0.05, 0.1) is 15.7 Å². The van der Waals surface area contributed by atoms with E-state index in [1.54, 1.807) is 11.3 Å². The van der Waals surface area contributed by atoms with Crippen molar-refractivity contribution in [3.05, 3.63) is 40.4 Å². The molecular formula is C16H17N3OS. The molecule has 0 radical (unpaired) electrons. The van der Waals surface area contributed by atoms with Crippen LogP contribution in [-0.2, 0) is 4.79 Å². The van der Waals surface area contributed by atoms with Gasteiger partial charge in [-0.1, -0.05) is 6.07 Å². The van der Waals surface area contributed by atoms with Crippen molar-refractivity contribution in [2.75, 3.05) is 19.6 Å². The van der Waals surface area contributed by atoms with E-state index in [4.69, 9.17) is 0 Å². The summed E-state index contributed by atoms with van der Waals surface area (Å²) < 4.78 is 1.23. The Morgan fingerprint density at radius 1 is 1.43 bits per heavy atom. The Kier molecular flexibility index (Phi) is 3.05. The van der Waals surface area contributed by atoms with Gasteiger partial charge in [-0.3, -0.25) is 9.69 Å². The Labute approximate surface area is 127 Å². The molecule has 1 aromatic carbocycles. The second-order valence-corrected chi connectivity index (χ2v) is 6.63. The summed E-state index contributed by atoms with van der Waals surface area (Å²) in [4.78, 5) is 18.6. The summed E-state index contributed by atoms with van der Waals surface area (Å²) in [6.45, 7) is 4.74. The Morgan fingerprint density at radius 2 is 2.33 bits per heavy atom. The third kappa shape index (κ3) is 2.17. The van der Waals surface area contributed by atoms with E-state index < -0.39 is 0 Å². The first kappa shape index (κ1) is 13.0. The second-order valence-electron chi connectivity index (χ2n) is 5.74. The highest BCUT2D eigenvalue weighted by Gasteiger charge is 2.30. The first-order chi connectivity index (χ1) is 10.2. The molecule has 1 atom stereocenters. The van der Waals surface area contributed by atoms with E-state index >= 15 is 0 Å². The van der Waals surface area contributed by atoms with Crippen molar-refractivity contribution < 1.29 is 4.79 Å². The molecule has 0 fully saturated rings. The Morgan fingerprint density at radius 3 is 3.24 bits per heavy atom. The highest BCUT2D eigenvalue weighted by Crippen LogP contribution is 2.30. The van der Waals surface area contributed by atoms with E-state index in [0.717, 1.165) is 37.1 Å². The fourth-order valence-electron chi connectivity index (χ4n) is 3.22. The maximum atomic E-state index is 11.8. The number of hydrogen-bond acceptors (Lipinski definition) is 4. The van der Waals surface area contributed by atoms with Crippen LogP contribution in [0.4, 0.5) is 0 Å². The highest BCUT2D eigenvalue weighted by molar-refractivity contribution is 7.16. The number of nitrogens with zero attached hydrogens (tertiary/aromatic N) is 2. The molecule has 0 bridgehead atoms. The van der Waals surface area contributed by atoms with Crippen LogP contribution in [0.1, 0.15) is 24.9 Å². The first-order valence-electron chi connectivity index (χ1n) is 7.28. The summed E-state index contributed by atoms with van der Waals surface area (Å²) in [7, 11) is 0. The normalized spacial score (nSPS) is 20.7. The summed E-state index contributed by atoms with van der Waals surface area (Å²) in [6, 6.07) is 6.81. The molecule has 4 nitrogen and oxygen atoms in total. The third-order valence-corrected chi connectivity index (χ3v) is 5.42. The van der Waals surface area contributed by atoms with Crippen LogP contribution in [0.25, 0.3) is 10.2 Å². The molecular weight excluding hydrogens is 282 g/mol. The van der Waals surface area contributed by atoms with Gasteiger partial charge >= 0.3 is 0 Å². The molecule has 0 spiro atoms. The van der Waals surface area contributed by atoms with Crippen molar-refractivity contribution in [3.8, 4) is 0 Å². The SMILES string of the molecule is CC(c1ccc2scnc2c1)N1CCC2=C(C1)C(=O)NC2. The van der Waals surface area contributed by atoms with Crippen LogP contribution >= 0.6 is 11.3 Å². The summed E-state index contributed by atoms with van der Waals surface area (Å²) in [6.07, 6.45) is 0.997. The summed E-state index contributed by atoms with van der Waals surface area (Å²) in [5.74, 6) is 0.122. The van der Waals surface area contributed by atoms with Gasteiger partial charge in [0.25, 0.3) is 0 Å². The molecule has 1 N–H and O–H groups in total. The minimum atomic E-state index is 0.122. The van der Waals surface area contributed by atoms with E-state index in [2.05, 4.69) is 40.3 Å². The standard InChI is InChI=1S/C16H17N3OS/c1-10(11-2-3-15-14(6-11)18-9-21-15)19-5-4-12-7-17-16(20)13(12)8-19/h2-3,6,9-10H,4-5,7-8H2,1H3,(H,17,20). The predicted octanol–water partition coefficient (Wildman–Crippen LogP) is 2.49. The minimum absolute atomic E-state index is 0.122. The van der Waals surface area contributed by atoms with Gasteiger partial charge in [-0.2, -0.15) is 0 Å². The van der Waals surface area contributed by atoms with Crippen LogP contribution in [0, 0.1) is 0 Å². The molecule has 108 valence electrons. The molecule has 2 aliphatic heterocycles. The van der Waals surface area contributed by atoms with Gasteiger partial charge in [-0.25, -0.2) is 4.98 Å². The minimum Gasteiger partial charge on any atom is -0.349 e. The van der Waals surface area contributed by atoms with Gasteiger partial charge in [0.2, 0.25) is 5.91 Å². The number of amides is 1. The highest BCUT2D eigenvalue weighted by atomic mass is 32.1. The number of fused-ring (bicyclic) bond motifs is 1. The summed E-state index contributed by atoms with van der Waals surface area (Å²) in [5.41, 5.74) is 6.52. The number of nitrogens with one attached hydrogen (secondary N) is 1. The van der Waals surface area contributed by atoms with Crippen LogP contribution in [0.5, 0.6) is 0 Å². The topological polar surface area (TPSA) is 45.2 Å². The van der Waals surface area contributed by atoms with E-state index in [1.165, 1.54) is 15.8 Å². The average molecular weight is 299 g/mol. The van der Waals surface area contributed by atoms with Gasteiger partial charge in [-0.15, -0.1) is 11.3 Å². The molecule has 1 amide bonds. The maximum Gasteiger partial charge on any atom is 0.248 e. The van der Waals surface area contributed by atoms with Crippen molar-refractivity contribution >= 4 is 27.5 Å². The fraction of sp³-hybridized carbons (Fsp3) is 0.375. The lowest BCUT2D eigenvalue weighted by atomic mass is 9.98. The molecule has 1 aromatic heterocycles. The second kappa shape index (κ2) is 4.93. The Bertz CT molecular complexity index is 749. The lowest BCUT2D eigenvalue weighted by Gasteiger charge is -2.32. The average Bonchev–Trinajstić information content (AvgIpc) is 3.12.